The van der Waals surface area contributed by atoms with E-state index in [1.54, 1.807) is 24.3 Å². The number of hydrogen-bond acceptors (Lipinski definition) is 6. The minimum atomic E-state index is -3.76. The highest BCUT2D eigenvalue weighted by molar-refractivity contribution is 7.89. The van der Waals surface area contributed by atoms with Gasteiger partial charge in [-0.25, -0.2) is 8.42 Å². The lowest BCUT2D eigenvalue weighted by atomic mass is 10.2. The Morgan fingerprint density at radius 3 is 2.44 bits per heavy atom. The smallest absolute Gasteiger partial charge is 0.244 e. The highest BCUT2D eigenvalue weighted by Gasteiger charge is 2.30. The summed E-state index contributed by atoms with van der Waals surface area (Å²) in [7, 11) is -3.76. The Kier molecular flexibility index (Phi) is 7.34. The van der Waals surface area contributed by atoms with Crippen molar-refractivity contribution in [3.05, 3.63) is 77.0 Å². The lowest BCUT2D eigenvalue weighted by molar-refractivity contribution is -0.122. The maximum atomic E-state index is 12.9. The Morgan fingerprint density at radius 2 is 1.74 bits per heavy atom. The average molecular weight is 499 g/mol. The Hall–Kier alpha value is -3.16. The number of nitrogens with zero attached hydrogens (tertiary/aromatic N) is 3. The summed E-state index contributed by atoms with van der Waals surface area (Å²) in [6.07, 6.45) is 0. The highest BCUT2D eigenvalue weighted by atomic mass is 35.5. The van der Waals surface area contributed by atoms with E-state index in [1.165, 1.54) is 16.4 Å². The molecule has 0 atom stereocenters. The van der Waals surface area contributed by atoms with Crippen LogP contribution in [0.4, 0.5) is 0 Å². The zero-order chi connectivity index (χ0) is 24.1. The number of carbonyl (C=O) groups is 1. The number of nitrogens with one attached hydrogen (secondary N) is 1. The summed E-state index contributed by atoms with van der Waals surface area (Å²) in [4.78, 5) is 14.3. The van der Waals surface area contributed by atoms with Crippen molar-refractivity contribution in [3.8, 4) is 17.4 Å². The van der Waals surface area contributed by atoms with Crippen LogP contribution in [0, 0.1) is 11.3 Å². The van der Waals surface area contributed by atoms with Gasteiger partial charge in [-0.15, -0.1) is 0 Å². The fourth-order valence-electron chi connectivity index (χ4n) is 3.74. The predicted octanol–water partition coefficient (Wildman–Crippen LogP) is 3.09. The molecule has 1 aliphatic heterocycles. The molecule has 10 heteroatoms. The first kappa shape index (κ1) is 24.0. The van der Waals surface area contributed by atoms with Gasteiger partial charge < -0.3 is 9.73 Å². The lowest BCUT2D eigenvalue weighted by Gasteiger charge is -2.33. The molecule has 0 bridgehead atoms. The molecule has 0 aliphatic carbocycles. The highest BCUT2D eigenvalue weighted by Crippen LogP contribution is 2.24. The van der Waals surface area contributed by atoms with Gasteiger partial charge in [0.15, 0.2) is 0 Å². The first-order valence-corrected chi connectivity index (χ1v) is 12.5. The van der Waals surface area contributed by atoms with Gasteiger partial charge in [-0.3, -0.25) is 9.69 Å². The predicted molar refractivity (Wildman–Crippen MR) is 127 cm³/mol. The van der Waals surface area contributed by atoms with Crippen molar-refractivity contribution in [3.63, 3.8) is 0 Å². The number of amides is 1. The van der Waals surface area contributed by atoms with E-state index in [2.05, 4.69) is 5.32 Å². The second-order valence-electron chi connectivity index (χ2n) is 7.84. The van der Waals surface area contributed by atoms with Gasteiger partial charge >= 0.3 is 0 Å². The van der Waals surface area contributed by atoms with E-state index >= 15 is 0 Å². The number of furan rings is 1. The number of rotatable bonds is 7. The molecule has 1 amide bonds. The third-order valence-corrected chi connectivity index (χ3v) is 7.78. The fourth-order valence-corrected chi connectivity index (χ4v) is 5.43. The third-order valence-electron chi connectivity index (χ3n) is 5.57. The lowest BCUT2D eigenvalue weighted by Crippen LogP contribution is -2.51. The first-order valence-electron chi connectivity index (χ1n) is 10.7. The zero-order valence-electron chi connectivity index (χ0n) is 18.3. The van der Waals surface area contributed by atoms with Crippen molar-refractivity contribution in [1.29, 1.82) is 5.26 Å². The van der Waals surface area contributed by atoms with Crippen LogP contribution in [0.1, 0.15) is 11.3 Å². The molecule has 1 N–H and O–H groups in total. The molecule has 8 nitrogen and oxygen atoms in total. The van der Waals surface area contributed by atoms with Crippen molar-refractivity contribution >= 4 is 27.5 Å². The molecular weight excluding hydrogens is 476 g/mol. The van der Waals surface area contributed by atoms with Gasteiger partial charge in [-0.2, -0.15) is 9.57 Å². The molecule has 1 fully saturated rings. The molecule has 0 saturated carbocycles. The molecule has 2 aromatic carbocycles. The minimum absolute atomic E-state index is 0.0140. The molecule has 0 unspecified atom stereocenters. The summed E-state index contributed by atoms with van der Waals surface area (Å²) in [6, 6.07) is 19.1. The van der Waals surface area contributed by atoms with Gasteiger partial charge in [0, 0.05) is 36.8 Å². The minimum Gasteiger partial charge on any atom is -0.459 e. The molecule has 2 heterocycles. The van der Waals surface area contributed by atoms with Crippen LogP contribution in [0.2, 0.25) is 5.02 Å². The second-order valence-corrected chi connectivity index (χ2v) is 10.2. The van der Waals surface area contributed by atoms with E-state index in [0.717, 1.165) is 5.56 Å². The van der Waals surface area contributed by atoms with Gasteiger partial charge in [-0.05, 0) is 48.5 Å². The van der Waals surface area contributed by atoms with Crippen molar-refractivity contribution < 1.29 is 17.6 Å². The second kappa shape index (κ2) is 10.4. The first-order chi connectivity index (χ1) is 16.4. The number of halogens is 1. The van der Waals surface area contributed by atoms with Crippen molar-refractivity contribution in [2.24, 2.45) is 0 Å². The molecule has 0 spiro atoms. The normalized spacial score (nSPS) is 15.1. The third kappa shape index (κ3) is 5.48. The van der Waals surface area contributed by atoms with Gasteiger partial charge in [-0.1, -0.05) is 23.7 Å². The number of nitriles is 1. The Bertz CT molecular complexity index is 1310. The van der Waals surface area contributed by atoms with Gasteiger partial charge in [0.25, 0.3) is 0 Å². The monoisotopic (exact) mass is 498 g/mol. The van der Waals surface area contributed by atoms with Crippen LogP contribution in [0.15, 0.2) is 70.0 Å². The van der Waals surface area contributed by atoms with Crippen LogP contribution >= 0.6 is 11.6 Å². The molecule has 1 saturated heterocycles. The summed E-state index contributed by atoms with van der Waals surface area (Å²) in [5, 5.41) is 12.7. The number of hydrogen-bond donors (Lipinski definition) is 1. The van der Waals surface area contributed by atoms with Crippen LogP contribution in [-0.2, 0) is 21.4 Å². The van der Waals surface area contributed by atoms with E-state index in [4.69, 9.17) is 16.0 Å². The summed E-state index contributed by atoms with van der Waals surface area (Å²) < 4.78 is 33.0. The van der Waals surface area contributed by atoms with E-state index < -0.39 is 10.0 Å². The maximum absolute atomic E-state index is 12.9. The summed E-state index contributed by atoms with van der Waals surface area (Å²) >= 11 is 5.91. The molecule has 34 heavy (non-hydrogen) atoms. The van der Waals surface area contributed by atoms with E-state index in [-0.39, 0.29) is 42.5 Å². The molecule has 4 rings (SSSR count). The summed E-state index contributed by atoms with van der Waals surface area (Å²) in [6.45, 7) is 1.75. The Balaban J connectivity index is 1.26. The SMILES string of the molecule is N#Cc1ccccc1S(=O)(=O)N1CCN(CC(=O)NCc2ccc(-c3ccc(Cl)cc3)o2)CC1. The van der Waals surface area contributed by atoms with Crippen LogP contribution in [0.3, 0.4) is 0 Å². The standard InChI is InChI=1S/C24H23ClN4O4S/c25-20-7-5-18(6-8-20)22-10-9-21(33-22)16-27-24(30)17-28-11-13-29(14-12-28)34(31,32)23-4-2-1-3-19(23)15-26/h1-10H,11-14,16-17H2,(H,27,30). The molecule has 0 radical (unpaired) electrons. The molecule has 3 aromatic rings. The van der Waals surface area contributed by atoms with Gasteiger partial charge in [0.1, 0.15) is 17.6 Å². The van der Waals surface area contributed by atoms with Crippen molar-refractivity contribution in [1.82, 2.24) is 14.5 Å². The maximum Gasteiger partial charge on any atom is 0.244 e. The van der Waals surface area contributed by atoms with Crippen LogP contribution in [0.5, 0.6) is 0 Å². The largest absolute Gasteiger partial charge is 0.459 e. The molecular formula is C24H23ClN4O4S. The summed E-state index contributed by atoms with van der Waals surface area (Å²) in [5.41, 5.74) is 1.02. The quantitative estimate of drug-likeness (QED) is 0.536. The Morgan fingerprint density at radius 1 is 1.03 bits per heavy atom. The Labute approximate surface area is 203 Å². The number of piperazine rings is 1. The van der Waals surface area contributed by atoms with Crippen molar-refractivity contribution in [2.75, 3.05) is 32.7 Å². The molecule has 176 valence electrons. The van der Waals surface area contributed by atoms with E-state index in [9.17, 15) is 18.5 Å². The topological polar surface area (TPSA) is 107 Å². The number of benzene rings is 2. The van der Waals surface area contributed by atoms with Crippen molar-refractivity contribution in [2.45, 2.75) is 11.4 Å². The van der Waals surface area contributed by atoms with Crippen LogP contribution < -0.4 is 5.32 Å². The number of sulfonamides is 1. The zero-order valence-corrected chi connectivity index (χ0v) is 19.8. The van der Waals surface area contributed by atoms with Gasteiger partial charge in [0.05, 0.1) is 23.5 Å². The van der Waals surface area contributed by atoms with Gasteiger partial charge in [0.2, 0.25) is 15.9 Å². The fraction of sp³-hybridized carbons (Fsp3) is 0.250. The molecule has 1 aliphatic rings. The number of carbonyl (C=O) groups excluding carboxylic acids is 1. The van der Waals surface area contributed by atoms with Crippen LogP contribution in [0.25, 0.3) is 11.3 Å². The summed E-state index contributed by atoms with van der Waals surface area (Å²) in [5.74, 6) is 1.15. The van der Waals surface area contributed by atoms with E-state index in [1.807, 2.05) is 35.2 Å². The average Bonchev–Trinajstić information content (AvgIpc) is 3.32. The van der Waals surface area contributed by atoms with Crippen LogP contribution in [-0.4, -0.2) is 56.3 Å². The molecule has 1 aromatic heterocycles. The van der Waals surface area contributed by atoms with E-state index in [0.29, 0.717) is 29.6 Å².